The second kappa shape index (κ2) is 5.52. The van der Waals surface area contributed by atoms with Crippen LogP contribution in [0.5, 0.6) is 5.75 Å². The number of alkyl halides is 1. The maximum absolute atomic E-state index is 12.0. The Labute approximate surface area is 119 Å². The van der Waals surface area contributed by atoms with E-state index in [0.717, 1.165) is 5.56 Å². The van der Waals surface area contributed by atoms with Crippen molar-refractivity contribution in [3.05, 3.63) is 52.4 Å². The normalized spacial score (nSPS) is 16.4. The predicted molar refractivity (Wildman–Crippen MR) is 73.6 cm³/mol. The van der Waals surface area contributed by atoms with Crippen molar-refractivity contribution in [2.75, 3.05) is 5.32 Å². The minimum atomic E-state index is -0.736. The lowest BCUT2D eigenvalue weighted by molar-refractivity contribution is 0.0522. The molecule has 0 fully saturated rings. The van der Waals surface area contributed by atoms with Gasteiger partial charge in [0.2, 0.25) is 11.4 Å². The summed E-state index contributed by atoms with van der Waals surface area (Å²) in [7, 11) is 0. The summed E-state index contributed by atoms with van der Waals surface area (Å²) in [5.41, 5.74) is 0.418. The highest BCUT2D eigenvalue weighted by Crippen LogP contribution is 2.27. The van der Waals surface area contributed by atoms with Gasteiger partial charge in [-0.05, 0) is 5.56 Å². The molecule has 6 nitrogen and oxygen atoms in total. The van der Waals surface area contributed by atoms with Crippen molar-refractivity contribution < 1.29 is 9.47 Å². The molecule has 1 aliphatic heterocycles. The fraction of sp³-hybridized carbons (Fsp3) is 0.231. The maximum atomic E-state index is 12.0. The number of ether oxygens (including phenoxy) is 2. The minimum Gasteiger partial charge on any atom is -0.449 e. The number of anilines is 1. The Morgan fingerprint density at radius 3 is 3.00 bits per heavy atom. The fourth-order valence-corrected chi connectivity index (χ4v) is 2.07. The van der Waals surface area contributed by atoms with Gasteiger partial charge in [0, 0.05) is 0 Å². The number of nitrogens with one attached hydrogen (secondary N) is 1. The smallest absolute Gasteiger partial charge is 0.313 e. The molecular weight excluding hydrogens is 282 g/mol. The van der Waals surface area contributed by atoms with E-state index in [2.05, 4.69) is 10.4 Å². The van der Waals surface area contributed by atoms with Crippen LogP contribution in [0.15, 0.2) is 41.3 Å². The second-order valence-corrected chi connectivity index (χ2v) is 4.63. The van der Waals surface area contributed by atoms with E-state index < -0.39 is 5.69 Å². The average molecular weight is 294 g/mol. The molecule has 0 radical (unpaired) electrons. The minimum absolute atomic E-state index is 0.0529. The first kappa shape index (κ1) is 13.0. The van der Waals surface area contributed by atoms with Gasteiger partial charge in [0.15, 0.2) is 0 Å². The van der Waals surface area contributed by atoms with Crippen LogP contribution in [0.1, 0.15) is 5.56 Å². The topological polar surface area (TPSA) is 65.4 Å². The molecule has 0 saturated carbocycles. The van der Waals surface area contributed by atoms with Gasteiger partial charge in [0.25, 0.3) is 0 Å². The summed E-state index contributed by atoms with van der Waals surface area (Å²) in [6.45, 7) is 0.459. The largest absolute Gasteiger partial charge is 0.449 e. The highest BCUT2D eigenvalue weighted by atomic mass is 35.5. The summed E-state index contributed by atoms with van der Waals surface area (Å²) >= 11 is 5.75. The molecule has 2 heterocycles. The van der Waals surface area contributed by atoms with Crippen LogP contribution in [0.25, 0.3) is 0 Å². The molecule has 7 heteroatoms. The van der Waals surface area contributed by atoms with Gasteiger partial charge < -0.3 is 14.8 Å². The summed E-state index contributed by atoms with van der Waals surface area (Å²) in [5, 5.41) is 6.77. The predicted octanol–water partition coefficient (Wildman–Crippen LogP) is 1.74. The highest BCUT2D eigenvalue weighted by molar-refractivity contribution is 6.21. The Balaban J connectivity index is 1.67. The number of hydrogen-bond donors (Lipinski definition) is 1. The molecule has 1 atom stereocenters. The Morgan fingerprint density at radius 2 is 2.20 bits per heavy atom. The van der Waals surface area contributed by atoms with Gasteiger partial charge in [0.05, 0.1) is 12.8 Å². The van der Waals surface area contributed by atoms with Crippen LogP contribution < -0.4 is 15.6 Å². The lowest BCUT2D eigenvalue weighted by atomic mass is 10.2. The molecule has 2 aromatic rings. The number of fused-ring (bicyclic) bond motifs is 1. The van der Waals surface area contributed by atoms with Crippen LogP contribution in [0, 0.1) is 0 Å². The number of aromatic nitrogens is 2. The summed E-state index contributed by atoms with van der Waals surface area (Å²) < 4.78 is 11.8. The second-order valence-electron chi connectivity index (χ2n) is 4.23. The molecule has 0 spiro atoms. The molecule has 1 aliphatic rings. The molecular formula is C13H12ClN3O3. The van der Waals surface area contributed by atoms with E-state index in [1.165, 1.54) is 10.9 Å². The summed E-state index contributed by atoms with van der Waals surface area (Å²) in [5.74, 6) is 0.170. The fourth-order valence-electron chi connectivity index (χ4n) is 1.86. The highest BCUT2D eigenvalue weighted by Gasteiger charge is 2.24. The van der Waals surface area contributed by atoms with E-state index in [9.17, 15) is 4.79 Å². The Hall–Kier alpha value is -2.05. The molecule has 1 N–H and O–H groups in total. The first-order valence-electron chi connectivity index (χ1n) is 6.03. The molecule has 0 saturated heterocycles. The third-order valence-electron chi connectivity index (χ3n) is 2.81. The lowest BCUT2D eigenvalue weighted by Crippen LogP contribution is -2.24. The van der Waals surface area contributed by atoms with Crippen LogP contribution in [0.2, 0.25) is 0 Å². The van der Waals surface area contributed by atoms with E-state index in [4.69, 9.17) is 21.1 Å². The Bertz CT molecular complexity index is 660. The van der Waals surface area contributed by atoms with Crippen LogP contribution in [-0.2, 0) is 18.1 Å². The van der Waals surface area contributed by atoms with Crippen molar-refractivity contribution in [1.29, 1.82) is 0 Å². The number of benzene rings is 1. The zero-order valence-corrected chi connectivity index (χ0v) is 11.2. The quantitative estimate of drug-likeness (QED) is 0.687. The van der Waals surface area contributed by atoms with Gasteiger partial charge in [0.1, 0.15) is 12.4 Å². The molecule has 3 rings (SSSR count). The third kappa shape index (κ3) is 2.61. The van der Waals surface area contributed by atoms with Gasteiger partial charge >= 0.3 is 5.56 Å². The zero-order valence-electron chi connectivity index (χ0n) is 10.5. The van der Waals surface area contributed by atoms with E-state index in [1.54, 1.807) is 0 Å². The first-order valence-corrected chi connectivity index (χ1v) is 6.47. The number of halogens is 1. The van der Waals surface area contributed by atoms with Gasteiger partial charge in [-0.1, -0.05) is 41.9 Å². The van der Waals surface area contributed by atoms with E-state index in [1.807, 2.05) is 30.3 Å². The van der Waals surface area contributed by atoms with E-state index >= 15 is 0 Å². The number of nitrogens with zero attached hydrogens (tertiary/aromatic N) is 2. The average Bonchev–Trinajstić information content (AvgIpc) is 2.84. The molecule has 0 amide bonds. The van der Waals surface area contributed by atoms with Crippen LogP contribution in [-0.4, -0.2) is 15.5 Å². The van der Waals surface area contributed by atoms with Gasteiger partial charge in [-0.15, -0.1) is 0 Å². The molecule has 1 aromatic heterocycles. The van der Waals surface area contributed by atoms with Crippen molar-refractivity contribution in [1.82, 2.24) is 9.78 Å². The zero-order chi connectivity index (χ0) is 13.9. The van der Waals surface area contributed by atoms with Gasteiger partial charge in [-0.25, -0.2) is 4.68 Å². The van der Waals surface area contributed by atoms with Crippen molar-refractivity contribution in [3.63, 3.8) is 0 Å². The van der Waals surface area contributed by atoms with Crippen LogP contribution in [0.4, 0.5) is 5.69 Å². The summed E-state index contributed by atoms with van der Waals surface area (Å²) in [4.78, 5) is 12.0. The van der Waals surface area contributed by atoms with Crippen molar-refractivity contribution in [3.8, 4) is 5.75 Å². The van der Waals surface area contributed by atoms with E-state index in [-0.39, 0.29) is 18.0 Å². The van der Waals surface area contributed by atoms with Gasteiger partial charge in [-0.3, -0.25) is 4.79 Å². The third-order valence-corrected chi connectivity index (χ3v) is 3.01. The number of rotatable bonds is 4. The standard InChI is InChI=1S/C13H12ClN3O3/c14-13-16-10-6-15-17(12(18)11(10)20-13)8-19-7-9-4-2-1-3-5-9/h1-6,13,16H,7-8H2. The summed E-state index contributed by atoms with van der Waals surface area (Å²) in [6.07, 6.45) is 1.49. The maximum Gasteiger partial charge on any atom is 0.313 e. The van der Waals surface area contributed by atoms with Crippen LogP contribution in [0.3, 0.4) is 0 Å². The monoisotopic (exact) mass is 293 g/mol. The number of hydrogen-bond acceptors (Lipinski definition) is 5. The van der Waals surface area contributed by atoms with Gasteiger partial charge in [-0.2, -0.15) is 5.10 Å². The molecule has 20 heavy (non-hydrogen) atoms. The van der Waals surface area contributed by atoms with Crippen LogP contribution >= 0.6 is 11.6 Å². The van der Waals surface area contributed by atoms with E-state index in [0.29, 0.717) is 12.3 Å². The Kier molecular flexibility index (Phi) is 3.58. The molecule has 1 unspecified atom stereocenters. The molecule has 0 aliphatic carbocycles. The Morgan fingerprint density at radius 1 is 1.40 bits per heavy atom. The summed E-state index contributed by atoms with van der Waals surface area (Å²) in [6, 6.07) is 9.69. The van der Waals surface area contributed by atoms with Crippen molar-refractivity contribution in [2.24, 2.45) is 0 Å². The molecule has 0 bridgehead atoms. The van der Waals surface area contributed by atoms with Crippen molar-refractivity contribution in [2.45, 2.75) is 19.0 Å². The van der Waals surface area contributed by atoms with Crippen molar-refractivity contribution >= 4 is 17.3 Å². The SMILES string of the molecule is O=c1c2c(cnn1COCc1ccccc1)NC(Cl)O2. The molecule has 104 valence electrons. The first-order chi connectivity index (χ1) is 9.74. The molecule has 1 aromatic carbocycles. The lowest BCUT2D eigenvalue weighted by Gasteiger charge is -2.07.